The molecule has 114 valence electrons. The average molecular weight is 385 g/mol. The van der Waals surface area contributed by atoms with Crippen LogP contribution in [0, 0.1) is 0 Å². The van der Waals surface area contributed by atoms with Gasteiger partial charge in [0.05, 0.1) is 10.6 Å². The van der Waals surface area contributed by atoms with Crippen LogP contribution in [-0.4, -0.2) is 35.7 Å². The molecule has 1 aromatic rings. The van der Waals surface area contributed by atoms with Crippen LogP contribution in [0.25, 0.3) is 0 Å². The van der Waals surface area contributed by atoms with Crippen LogP contribution in [0.1, 0.15) is 13.3 Å². The Bertz CT molecular complexity index is 644. The van der Waals surface area contributed by atoms with Crippen molar-refractivity contribution in [2.45, 2.75) is 18.2 Å². The van der Waals surface area contributed by atoms with E-state index in [1.54, 1.807) is 18.2 Å². The third-order valence-electron chi connectivity index (χ3n) is 2.47. The van der Waals surface area contributed by atoms with Gasteiger partial charge in [-0.05, 0) is 41.4 Å². The molecule has 0 radical (unpaired) electrons. The van der Waals surface area contributed by atoms with Crippen LogP contribution in [0.3, 0.4) is 0 Å². The molecule has 2 N–H and O–H groups in total. The standard InChI is InChI=1S/C11H17BrN2O4S2/c1-2-19(15,16)13-8-5-9-14-20(17,18)11-7-4-3-6-10(11)12/h3-4,6-7,13-14H,2,5,8-9H2,1H3. The molecule has 0 unspecified atom stereocenters. The van der Waals surface area contributed by atoms with Crippen LogP contribution in [0.5, 0.6) is 0 Å². The summed E-state index contributed by atoms with van der Waals surface area (Å²) in [5.74, 6) is 0.00961. The van der Waals surface area contributed by atoms with Crippen LogP contribution in [0.4, 0.5) is 0 Å². The van der Waals surface area contributed by atoms with E-state index in [-0.39, 0.29) is 23.7 Å². The van der Waals surface area contributed by atoms with Gasteiger partial charge in [0.2, 0.25) is 20.0 Å². The van der Waals surface area contributed by atoms with E-state index in [9.17, 15) is 16.8 Å². The average Bonchev–Trinajstić information content (AvgIpc) is 2.38. The van der Waals surface area contributed by atoms with Gasteiger partial charge in [-0.15, -0.1) is 0 Å². The van der Waals surface area contributed by atoms with Gasteiger partial charge >= 0.3 is 0 Å². The maximum atomic E-state index is 12.0. The molecule has 0 aliphatic rings. The molecule has 20 heavy (non-hydrogen) atoms. The zero-order chi connectivity index (χ0) is 15.2. The van der Waals surface area contributed by atoms with E-state index in [0.29, 0.717) is 10.9 Å². The third kappa shape index (κ3) is 5.49. The van der Waals surface area contributed by atoms with Crippen molar-refractivity contribution < 1.29 is 16.8 Å². The van der Waals surface area contributed by atoms with Crippen LogP contribution in [-0.2, 0) is 20.0 Å². The molecule has 0 aliphatic heterocycles. The molecule has 1 rings (SSSR count). The highest BCUT2D eigenvalue weighted by Gasteiger charge is 2.16. The van der Waals surface area contributed by atoms with Gasteiger partial charge in [-0.3, -0.25) is 0 Å². The van der Waals surface area contributed by atoms with Crippen molar-refractivity contribution in [1.82, 2.24) is 9.44 Å². The predicted octanol–water partition coefficient (Wildman–Crippen LogP) is 1.06. The van der Waals surface area contributed by atoms with Gasteiger partial charge in [0.25, 0.3) is 0 Å². The highest BCUT2D eigenvalue weighted by Crippen LogP contribution is 2.20. The van der Waals surface area contributed by atoms with E-state index in [1.165, 1.54) is 13.0 Å². The smallest absolute Gasteiger partial charge is 0.215 e. The van der Waals surface area contributed by atoms with E-state index < -0.39 is 20.0 Å². The third-order valence-corrected chi connectivity index (χ3v) is 6.35. The quantitative estimate of drug-likeness (QED) is 0.655. The molecule has 0 atom stereocenters. The highest BCUT2D eigenvalue weighted by atomic mass is 79.9. The van der Waals surface area contributed by atoms with Gasteiger partial charge in [0.1, 0.15) is 0 Å². The minimum atomic E-state index is -3.59. The summed E-state index contributed by atoms with van der Waals surface area (Å²) in [6.45, 7) is 1.91. The van der Waals surface area contributed by atoms with Crippen molar-refractivity contribution in [3.8, 4) is 0 Å². The number of nitrogens with one attached hydrogen (secondary N) is 2. The van der Waals surface area contributed by atoms with Crippen LogP contribution in [0.2, 0.25) is 0 Å². The molecule has 1 aromatic carbocycles. The fraction of sp³-hybridized carbons (Fsp3) is 0.455. The van der Waals surface area contributed by atoms with Crippen molar-refractivity contribution in [2.75, 3.05) is 18.8 Å². The maximum Gasteiger partial charge on any atom is 0.241 e. The minimum Gasteiger partial charge on any atom is -0.215 e. The van der Waals surface area contributed by atoms with Gasteiger partial charge in [-0.1, -0.05) is 12.1 Å². The molecule has 0 bridgehead atoms. The van der Waals surface area contributed by atoms with E-state index in [0.717, 1.165) is 0 Å². The Morgan fingerprint density at radius 3 is 2.25 bits per heavy atom. The van der Waals surface area contributed by atoms with E-state index >= 15 is 0 Å². The zero-order valence-electron chi connectivity index (χ0n) is 11.0. The topological polar surface area (TPSA) is 92.3 Å². The Morgan fingerprint density at radius 2 is 1.65 bits per heavy atom. The van der Waals surface area contributed by atoms with Crippen molar-refractivity contribution in [3.63, 3.8) is 0 Å². The van der Waals surface area contributed by atoms with Crippen LogP contribution < -0.4 is 9.44 Å². The summed E-state index contributed by atoms with van der Waals surface area (Å²) in [5.41, 5.74) is 0. The first-order valence-corrected chi connectivity index (χ1v) is 9.93. The summed E-state index contributed by atoms with van der Waals surface area (Å²) in [6.07, 6.45) is 0.378. The molecule has 6 nitrogen and oxygen atoms in total. The second-order valence-electron chi connectivity index (χ2n) is 3.98. The van der Waals surface area contributed by atoms with Gasteiger partial charge in [0, 0.05) is 17.6 Å². The number of benzene rings is 1. The normalized spacial score (nSPS) is 12.5. The molecule has 0 saturated carbocycles. The van der Waals surface area contributed by atoms with Crippen molar-refractivity contribution in [2.24, 2.45) is 0 Å². The number of hydrogen-bond donors (Lipinski definition) is 2. The molecule has 0 amide bonds. The predicted molar refractivity (Wildman–Crippen MR) is 81.4 cm³/mol. The highest BCUT2D eigenvalue weighted by molar-refractivity contribution is 9.10. The Hall–Kier alpha value is -0.480. The SMILES string of the molecule is CCS(=O)(=O)NCCCNS(=O)(=O)c1ccccc1Br. The minimum absolute atomic E-state index is 0.00961. The van der Waals surface area contributed by atoms with Gasteiger partial charge in [-0.25, -0.2) is 26.3 Å². The number of halogens is 1. The van der Waals surface area contributed by atoms with Crippen LogP contribution >= 0.6 is 15.9 Å². The first kappa shape index (κ1) is 17.6. The number of hydrogen-bond acceptors (Lipinski definition) is 4. The zero-order valence-corrected chi connectivity index (χ0v) is 14.2. The lowest BCUT2D eigenvalue weighted by molar-refractivity contribution is 0.572. The molecule has 0 saturated heterocycles. The lowest BCUT2D eigenvalue weighted by Crippen LogP contribution is -2.30. The lowest BCUT2D eigenvalue weighted by Gasteiger charge is -2.08. The van der Waals surface area contributed by atoms with E-state index in [1.807, 2.05) is 0 Å². The molecular weight excluding hydrogens is 368 g/mol. The monoisotopic (exact) mass is 384 g/mol. The summed E-state index contributed by atoms with van der Waals surface area (Å²) < 4.78 is 51.6. The fourth-order valence-corrected chi connectivity index (χ4v) is 4.10. The summed E-state index contributed by atoms with van der Waals surface area (Å²) >= 11 is 3.18. The van der Waals surface area contributed by atoms with E-state index in [2.05, 4.69) is 25.4 Å². The molecule has 0 heterocycles. The molecular formula is C11H17BrN2O4S2. The second kappa shape index (κ2) is 7.51. The fourth-order valence-electron chi connectivity index (χ4n) is 1.37. The maximum absolute atomic E-state index is 12.0. The molecule has 0 aromatic heterocycles. The van der Waals surface area contributed by atoms with Crippen molar-refractivity contribution >= 4 is 36.0 Å². The summed E-state index contributed by atoms with van der Waals surface area (Å²) in [7, 11) is -6.82. The largest absolute Gasteiger partial charge is 0.241 e. The lowest BCUT2D eigenvalue weighted by atomic mass is 10.4. The Kier molecular flexibility index (Phi) is 6.59. The Balaban J connectivity index is 2.48. The van der Waals surface area contributed by atoms with Crippen molar-refractivity contribution in [1.29, 1.82) is 0 Å². The first-order valence-electron chi connectivity index (χ1n) is 6.00. The van der Waals surface area contributed by atoms with Gasteiger partial charge < -0.3 is 0 Å². The number of sulfonamides is 2. The molecule has 0 fully saturated rings. The van der Waals surface area contributed by atoms with Crippen molar-refractivity contribution in [3.05, 3.63) is 28.7 Å². The summed E-state index contributed by atoms with van der Waals surface area (Å²) in [6, 6.07) is 6.49. The Morgan fingerprint density at radius 1 is 1.05 bits per heavy atom. The number of rotatable bonds is 8. The molecule has 0 aliphatic carbocycles. The molecule has 0 spiro atoms. The van der Waals surface area contributed by atoms with Crippen LogP contribution in [0.15, 0.2) is 33.6 Å². The second-order valence-corrected chi connectivity index (χ2v) is 8.66. The molecule has 9 heteroatoms. The van der Waals surface area contributed by atoms with Gasteiger partial charge in [-0.2, -0.15) is 0 Å². The first-order chi connectivity index (χ1) is 9.28. The summed E-state index contributed by atoms with van der Waals surface area (Å²) in [4.78, 5) is 0.161. The van der Waals surface area contributed by atoms with Gasteiger partial charge in [0.15, 0.2) is 0 Å². The van der Waals surface area contributed by atoms with E-state index in [4.69, 9.17) is 0 Å². The Labute approximate surface area is 128 Å². The summed E-state index contributed by atoms with van der Waals surface area (Å²) in [5, 5.41) is 0.